The van der Waals surface area contributed by atoms with Crippen LogP contribution < -0.4 is 5.32 Å². The van der Waals surface area contributed by atoms with Crippen molar-refractivity contribution in [3.63, 3.8) is 0 Å². The molecule has 5 heteroatoms. The summed E-state index contributed by atoms with van der Waals surface area (Å²) in [5.74, 6) is -0.934. The van der Waals surface area contributed by atoms with Crippen molar-refractivity contribution in [3.05, 3.63) is 24.3 Å². The van der Waals surface area contributed by atoms with Crippen LogP contribution in [-0.2, 0) is 14.3 Å². The lowest BCUT2D eigenvalue weighted by molar-refractivity contribution is -0.145. The SMILES string of the molecule is CCOC(=O)CC(=O)Nc1ccccc1S. The molecule has 86 valence electrons. The number of nitrogens with one attached hydrogen (secondary N) is 1. The summed E-state index contributed by atoms with van der Waals surface area (Å²) >= 11 is 4.17. The van der Waals surface area contributed by atoms with E-state index in [0.717, 1.165) is 0 Å². The van der Waals surface area contributed by atoms with Crippen LogP contribution in [-0.4, -0.2) is 18.5 Å². The van der Waals surface area contributed by atoms with E-state index in [1.165, 1.54) is 0 Å². The highest BCUT2D eigenvalue weighted by Crippen LogP contribution is 2.18. The fourth-order valence-electron chi connectivity index (χ4n) is 1.12. The Labute approximate surface area is 99.4 Å². The minimum absolute atomic E-state index is 0.273. The van der Waals surface area contributed by atoms with Crippen LogP contribution in [0.25, 0.3) is 0 Å². The monoisotopic (exact) mass is 239 g/mol. The van der Waals surface area contributed by atoms with Gasteiger partial charge in [0.25, 0.3) is 0 Å². The molecule has 0 aromatic heterocycles. The maximum atomic E-state index is 11.4. The molecule has 0 atom stereocenters. The molecule has 0 fully saturated rings. The molecule has 0 saturated carbocycles. The Morgan fingerprint density at radius 3 is 2.69 bits per heavy atom. The summed E-state index contributed by atoms with van der Waals surface area (Å²) in [4.78, 5) is 23.1. The second-order valence-electron chi connectivity index (χ2n) is 3.05. The van der Waals surface area contributed by atoms with E-state index in [1.54, 1.807) is 25.1 Å². The molecule has 0 aliphatic heterocycles. The third-order valence-electron chi connectivity index (χ3n) is 1.79. The van der Waals surface area contributed by atoms with E-state index in [9.17, 15) is 9.59 Å². The van der Waals surface area contributed by atoms with E-state index >= 15 is 0 Å². The van der Waals surface area contributed by atoms with E-state index in [-0.39, 0.29) is 13.0 Å². The highest BCUT2D eigenvalue weighted by atomic mass is 32.1. The number of carbonyl (C=O) groups is 2. The maximum Gasteiger partial charge on any atom is 0.315 e. The molecule has 0 spiro atoms. The van der Waals surface area contributed by atoms with Gasteiger partial charge in [-0.25, -0.2) is 0 Å². The van der Waals surface area contributed by atoms with Gasteiger partial charge in [-0.05, 0) is 19.1 Å². The fourth-order valence-corrected chi connectivity index (χ4v) is 1.33. The van der Waals surface area contributed by atoms with Crippen molar-refractivity contribution in [2.24, 2.45) is 0 Å². The predicted octanol–water partition coefficient (Wildman–Crippen LogP) is 1.87. The van der Waals surface area contributed by atoms with E-state index in [0.29, 0.717) is 10.6 Å². The summed E-state index contributed by atoms with van der Waals surface area (Å²) in [6.45, 7) is 1.97. The Balaban J connectivity index is 2.52. The molecule has 0 heterocycles. The Morgan fingerprint density at radius 2 is 2.06 bits per heavy atom. The number of anilines is 1. The number of thiol groups is 1. The standard InChI is InChI=1S/C11H13NO3S/c1-2-15-11(14)7-10(13)12-8-5-3-4-6-9(8)16/h3-6,16H,2,7H2,1H3,(H,12,13). The number of ether oxygens (including phenoxy) is 1. The first-order valence-corrected chi connectivity index (χ1v) is 5.31. The maximum absolute atomic E-state index is 11.4. The number of hydrogen-bond acceptors (Lipinski definition) is 4. The molecule has 1 rings (SSSR count). The van der Waals surface area contributed by atoms with Gasteiger partial charge in [-0.2, -0.15) is 0 Å². The van der Waals surface area contributed by atoms with Gasteiger partial charge in [-0.1, -0.05) is 12.1 Å². The molecule has 4 nitrogen and oxygen atoms in total. The number of benzene rings is 1. The molecular weight excluding hydrogens is 226 g/mol. The summed E-state index contributed by atoms with van der Waals surface area (Å²) in [6.07, 6.45) is -0.282. The number of amides is 1. The molecule has 0 radical (unpaired) electrons. The molecule has 0 aliphatic rings. The third-order valence-corrected chi connectivity index (χ3v) is 2.18. The van der Waals surface area contributed by atoms with Gasteiger partial charge in [0.2, 0.25) is 5.91 Å². The zero-order valence-electron chi connectivity index (χ0n) is 8.90. The smallest absolute Gasteiger partial charge is 0.315 e. The summed E-state index contributed by atoms with van der Waals surface area (Å²) in [6, 6.07) is 7.05. The molecule has 0 saturated heterocycles. The van der Waals surface area contributed by atoms with E-state index < -0.39 is 11.9 Å². The highest BCUT2D eigenvalue weighted by Gasteiger charge is 2.10. The Bertz CT molecular complexity index is 393. The van der Waals surface area contributed by atoms with Crippen molar-refractivity contribution in [1.29, 1.82) is 0 Å². The quantitative estimate of drug-likeness (QED) is 0.479. The van der Waals surface area contributed by atoms with Crippen molar-refractivity contribution in [3.8, 4) is 0 Å². The number of esters is 1. The van der Waals surface area contributed by atoms with Gasteiger partial charge >= 0.3 is 5.97 Å². The molecule has 0 unspecified atom stereocenters. The largest absolute Gasteiger partial charge is 0.466 e. The minimum Gasteiger partial charge on any atom is -0.466 e. The zero-order valence-corrected chi connectivity index (χ0v) is 9.79. The van der Waals surface area contributed by atoms with Crippen molar-refractivity contribution < 1.29 is 14.3 Å². The van der Waals surface area contributed by atoms with E-state index in [2.05, 4.69) is 22.7 Å². The van der Waals surface area contributed by atoms with Gasteiger partial charge in [0, 0.05) is 4.90 Å². The Morgan fingerprint density at radius 1 is 1.38 bits per heavy atom. The first kappa shape index (κ1) is 12.6. The third kappa shape index (κ3) is 3.94. The van der Waals surface area contributed by atoms with Crippen LogP contribution in [0.15, 0.2) is 29.2 Å². The molecule has 0 bridgehead atoms. The van der Waals surface area contributed by atoms with Crippen molar-refractivity contribution in [2.75, 3.05) is 11.9 Å². The van der Waals surface area contributed by atoms with Gasteiger partial charge in [0.1, 0.15) is 6.42 Å². The first-order chi connectivity index (χ1) is 7.63. The van der Waals surface area contributed by atoms with Crippen molar-refractivity contribution >= 4 is 30.2 Å². The predicted molar refractivity (Wildman–Crippen MR) is 63.6 cm³/mol. The van der Waals surface area contributed by atoms with Gasteiger partial charge in [0.05, 0.1) is 12.3 Å². The summed E-state index contributed by atoms with van der Waals surface area (Å²) in [5.41, 5.74) is 0.583. The summed E-state index contributed by atoms with van der Waals surface area (Å²) in [5, 5.41) is 2.58. The number of hydrogen-bond donors (Lipinski definition) is 2. The van der Waals surface area contributed by atoms with Crippen LogP contribution in [0.1, 0.15) is 13.3 Å². The van der Waals surface area contributed by atoms with Crippen molar-refractivity contribution in [2.45, 2.75) is 18.2 Å². The number of carbonyl (C=O) groups excluding carboxylic acids is 2. The average Bonchev–Trinajstić information content (AvgIpc) is 2.21. The summed E-state index contributed by atoms with van der Waals surface area (Å²) in [7, 11) is 0. The fraction of sp³-hybridized carbons (Fsp3) is 0.273. The number of para-hydroxylation sites is 1. The second-order valence-corrected chi connectivity index (χ2v) is 3.53. The average molecular weight is 239 g/mol. The van der Waals surface area contributed by atoms with Crippen molar-refractivity contribution in [1.82, 2.24) is 0 Å². The van der Waals surface area contributed by atoms with Crippen LogP contribution in [0, 0.1) is 0 Å². The normalized spacial score (nSPS) is 9.62. The van der Waals surface area contributed by atoms with Crippen LogP contribution in [0.5, 0.6) is 0 Å². The Kier molecular flexibility index (Phi) is 4.85. The first-order valence-electron chi connectivity index (χ1n) is 4.87. The van der Waals surface area contributed by atoms with Crippen LogP contribution in [0.3, 0.4) is 0 Å². The molecule has 16 heavy (non-hydrogen) atoms. The lowest BCUT2D eigenvalue weighted by atomic mass is 10.3. The molecule has 1 amide bonds. The lowest BCUT2D eigenvalue weighted by Gasteiger charge is -2.06. The minimum atomic E-state index is -0.531. The van der Waals surface area contributed by atoms with E-state index in [4.69, 9.17) is 0 Å². The summed E-state index contributed by atoms with van der Waals surface area (Å²) < 4.78 is 4.66. The van der Waals surface area contributed by atoms with Crippen LogP contribution in [0.4, 0.5) is 5.69 Å². The molecule has 0 aliphatic carbocycles. The van der Waals surface area contributed by atoms with Gasteiger partial charge in [-0.15, -0.1) is 12.6 Å². The Hall–Kier alpha value is -1.49. The van der Waals surface area contributed by atoms with Gasteiger partial charge in [-0.3, -0.25) is 9.59 Å². The highest BCUT2D eigenvalue weighted by molar-refractivity contribution is 7.80. The van der Waals surface area contributed by atoms with Gasteiger partial charge < -0.3 is 10.1 Å². The topological polar surface area (TPSA) is 55.4 Å². The zero-order chi connectivity index (χ0) is 12.0. The number of rotatable bonds is 4. The molecule has 1 aromatic carbocycles. The van der Waals surface area contributed by atoms with Crippen LogP contribution >= 0.6 is 12.6 Å². The molecule has 1 aromatic rings. The van der Waals surface area contributed by atoms with E-state index in [1.807, 2.05) is 6.07 Å². The van der Waals surface area contributed by atoms with Crippen LogP contribution in [0.2, 0.25) is 0 Å². The molecular formula is C11H13NO3S. The second kappa shape index (κ2) is 6.17. The molecule has 1 N–H and O–H groups in total. The van der Waals surface area contributed by atoms with Gasteiger partial charge in [0.15, 0.2) is 0 Å². The lowest BCUT2D eigenvalue weighted by Crippen LogP contribution is -2.18.